The fourth-order valence-electron chi connectivity index (χ4n) is 5.46. The van der Waals surface area contributed by atoms with Gasteiger partial charge >= 0.3 is 17.9 Å². The Bertz CT molecular complexity index is 621. The minimum Gasteiger partial charge on any atom is -0.468 e. The van der Waals surface area contributed by atoms with Gasteiger partial charge in [-0.25, -0.2) is 4.79 Å². The third kappa shape index (κ3) is 0.965. The largest absolute Gasteiger partial charge is 0.468 e. The smallest absolute Gasteiger partial charge is 0.330 e. The second-order valence-corrected chi connectivity index (χ2v) is 6.21. The first-order valence-corrected chi connectivity index (χ1v) is 7.14. The van der Waals surface area contributed by atoms with E-state index in [9.17, 15) is 14.4 Å². The normalized spacial score (nSPS) is 47.6. The molecule has 2 heterocycles. The lowest BCUT2D eigenvalue weighted by Crippen LogP contribution is -2.46. The second kappa shape index (κ2) is 3.71. The molecule has 7 nitrogen and oxygen atoms in total. The zero-order valence-corrected chi connectivity index (χ0v) is 12.3. The summed E-state index contributed by atoms with van der Waals surface area (Å²) in [5.41, 5.74) is -2.61. The van der Waals surface area contributed by atoms with Crippen molar-refractivity contribution in [2.45, 2.75) is 18.1 Å². The quantitative estimate of drug-likeness (QED) is 0.382. The van der Waals surface area contributed by atoms with E-state index in [2.05, 4.69) is 6.58 Å². The van der Waals surface area contributed by atoms with E-state index in [1.165, 1.54) is 14.2 Å². The molecular formula is C15H16O7. The molecule has 2 saturated heterocycles. The van der Waals surface area contributed by atoms with Crippen LogP contribution in [0, 0.1) is 22.7 Å². The first-order valence-electron chi connectivity index (χ1n) is 7.14. The van der Waals surface area contributed by atoms with Gasteiger partial charge in [0.2, 0.25) is 0 Å². The Balaban J connectivity index is 1.60. The van der Waals surface area contributed by atoms with Crippen LogP contribution in [-0.4, -0.2) is 50.4 Å². The van der Waals surface area contributed by atoms with Crippen molar-refractivity contribution >= 4 is 17.9 Å². The Morgan fingerprint density at radius 3 is 2.45 bits per heavy atom. The van der Waals surface area contributed by atoms with Crippen molar-refractivity contribution in [2.24, 2.45) is 22.7 Å². The average molecular weight is 308 g/mol. The highest BCUT2D eigenvalue weighted by Crippen LogP contribution is 3.04. The molecule has 5 fully saturated rings. The summed E-state index contributed by atoms with van der Waals surface area (Å²) >= 11 is 0. The van der Waals surface area contributed by atoms with E-state index in [1.54, 1.807) is 0 Å². The van der Waals surface area contributed by atoms with Crippen molar-refractivity contribution in [1.82, 2.24) is 0 Å². The second-order valence-electron chi connectivity index (χ2n) is 6.21. The molecule has 3 aliphatic carbocycles. The number of ether oxygens (including phenoxy) is 4. The zero-order valence-electron chi connectivity index (χ0n) is 12.3. The minimum absolute atomic E-state index is 0.0224. The van der Waals surface area contributed by atoms with E-state index >= 15 is 0 Å². The predicted octanol–water partition coefficient (Wildman–Crippen LogP) is -0.165. The number of rotatable bonds is 6. The van der Waals surface area contributed by atoms with Gasteiger partial charge < -0.3 is 18.9 Å². The van der Waals surface area contributed by atoms with Crippen LogP contribution in [0.25, 0.3) is 0 Å². The van der Waals surface area contributed by atoms with Gasteiger partial charge in [0.1, 0.15) is 10.8 Å². The van der Waals surface area contributed by atoms with Crippen LogP contribution in [0.1, 0.15) is 6.42 Å². The molecule has 0 radical (unpaired) electrons. The molecule has 118 valence electrons. The van der Waals surface area contributed by atoms with Crippen molar-refractivity contribution in [1.29, 1.82) is 0 Å². The molecule has 5 aliphatic rings. The SMILES string of the molecule is C=CC(=O)OCCC12OC3C4C1C2(C(=O)OC)C34C(=O)OC. The number of methoxy groups -OCH3 is 2. The van der Waals surface area contributed by atoms with Crippen molar-refractivity contribution in [3.05, 3.63) is 12.7 Å². The van der Waals surface area contributed by atoms with Gasteiger partial charge in [-0.15, -0.1) is 0 Å². The highest BCUT2D eigenvalue weighted by molar-refractivity contribution is 6.03. The maximum absolute atomic E-state index is 12.4. The Hall–Kier alpha value is -1.89. The Kier molecular flexibility index (Phi) is 2.32. The van der Waals surface area contributed by atoms with Gasteiger partial charge in [-0.1, -0.05) is 6.58 Å². The third-order valence-corrected chi connectivity index (χ3v) is 6.01. The number of carbonyl (C=O) groups is 3. The van der Waals surface area contributed by atoms with Gasteiger partial charge in [-0.2, -0.15) is 0 Å². The molecule has 7 heteroatoms. The Morgan fingerprint density at radius 2 is 1.91 bits per heavy atom. The molecule has 3 saturated carbocycles. The molecule has 0 aromatic heterocycles. The predicted molar refractivity (Wildman–Crippen MR) is 69.3 cm³/mol. The van der Waals surface area contributed by atoms with Gasteiger partial charge in [0.15, 0.2) is 0 Å². The first kappa shape index (κ1) is 13.8. The van der Waals surface area contributed by atoms with E-state index in [0.29, 0.717) is 6.42 Å². The van der Waals surface area contributed by atoms with E-state index in [1.807, 2.05) is 0 Å². The van der Waals surface area contributed by atoms with E-state index in [-0.39, 0.29) is 24.5 Å². The number of carbonyl (C=O) groups excluding carboxylic acids is 3. The summed E-state index contributed by atoms with van der Waals surface area (Å²) in [6.45, 7) is 3.43. The minimum atomic E-state index is -0.961. The monoisotopic (exact) mass is 308 g/mol. The fraction of sp³-hybridized carbons (Fsp3) is 0.667. The van der Waals surface area contributed by atoms with Crippen LogP contribution >= 0.6 is 0 Å². The molecule has 0 N–H and O–H groups in total. The van der Waals surface area contributed by atoms with Crippen molar-refractivity contribution in [3.63, 3.8) is 0 Å². The van der Waals surface area contributed by atoms with E-state index in [0.717, 1.165) is 6.08 Å². The summed E-state index contributed by atoms with van der Waals surface area (Å²) in [5.74, 6) is -1.39. The van der Waals surface area contributed by atoms with Crippen molar-refractivity contribution in [3.8, 4) is 0 Å². The highest BCUT2D eigenvalue weighted by atomic mass is 16.6. The maximum Gasteiger partial charge on any atom is 0.330 e. The molecule has 0 spiro atoms. The molecule has 5 rings (SSSR count). The van der Waals surface area contributed by atoms with E-state index < -0.39 is 34.3 Å². The molecule has 6 atom stereocenters. The summed E-state index contributed by atoms with van der Waals surface area (Å²) in [6.07, 6.45) is 1.16. The fourth-order valence-corrected chi connectivity index (χ4v) is 5.46. The van der Waals surface area contributed by atoms with Crippen LogP contribution in [0.3, 0.4) is 0 Å². The van der Waals surface area contributed by atoms with Crippen LogP contribution in [0.15, 0.2) is 12.7 Å². The van der Waals surface area contributed by atoms with Crippen LogP contribution < -0.4 is 0 Å². The topological polar surface area (TPSA) is 88.1 Å². The number of hydrogen-bond acceptors (Lipinski definition) is 7. The van der Waals surface area contributed by atoms with Crippen molar-refractivity contribution < 1.29 is 33.3 Å². The lowest BCUT2D eigenvalue weighted by molar-refractivity contribution is -0.169. The zero-order chi connectivity index (χ0) is 15.9. The van der Waals surface area contributed by atoms with E-state index in [4.69, 9.17) is 18.9 Å². The summed E-state index contributed by atoms with van der Waals surface area (Å²) in [6, 6.07) is 0. The summed E-state index contributed by atoms with van der Waals surface area (Å²) in [4.78, 5) is 35.7. The van der Waals surface area contributed by atoms with Gasteiger partial charge in [0, 0.05) is 24.3 Å². The molecule has 0 amide bonds. The Morgan fingerprint density at radius 1 is 1.23 bits per heavy atom. The van der Waals surface area contributed by atoms with Gasteiger partial charge in [0.25, 0.3) is 0 Å². The Labute approximate surface area is 126 Å². The standard InChI is InChI=1S/C15H16O7/c1-4-7(16)21-6-5-13-9-8-10(22-13)14(8,11(17)19-2)15(9,13)12(18)20-3/h4,8-10H,1,5-6H2,2-3H3. The molecule has 2 aliphatic heterocycles. The molecule has 0 aromatic carbocycles. The van der Waals surface area contributed by atoms with Crippen LogP contribution in [0.5, 0.6) is 0 Å². The van der Waals surface area contributed by atoms with Crippen molar-refractivity contribution in [2.75, 3.05) is 20.8 Å². The highest BCUT2D eigenvalue weighted by Gasteiger charge is 3.17. The van der Waals surface area contributed by atoms with Gasteiger partial charge in [-0.05, 0) is 0 Å². The molecule has 22 heavy (non-hydrogen) atoms. The van der Waals surface area contributed by atoms with Gasteiger partial charge in [0.05, 0.1) is 32.5 Å². The summed E-state index contributed by atoms with van der Waals surface area (Å²) in [7, 11) is 2.61. The summed E-state index contributed by atoms with van der Waals surface area (Å²) < 4.78 is 20.8. The first-order chi connectivity index (χ1) is 10.5. The lowest BCUT2D eigenvalue weighted by Gasteiger charge is -2.29. The van der Waals surface area contributed by atoms with Crippen LogP contribution in [0.4, 0.5) is 0 Å². The molecule has 6 unspecified atom stereocenters. The number of esters is 3. The van der Waals surface area contributed by atoms with Crippen LogP contribution in [0.2, 0.25) is 0 Å². The lowest BCUT2D eigenvalue weighted by atomic mass is 9.71. The average Bonchev–Trinajstić information content (AvgIpc) is 3.14. The van der Waals surface area contributed by atoms with Gasteiger partial charge in [-0.3, -0.25) is 9.59 Å². The van der Waals surface area contributed by atoms with Crippen LogP contribution in [-0.2, 0) is 33.3 Å². The molecule has 0 aromatic rings. The summed E-state index contributed by atoms with van der Waals surface area (Å²) in [5, 5.41) is 0. The number of hydrogen-bond donors (Lipinski definition) is 0. The molecule has 2 bridgehead atoms. The maximum atomic E-state index is 12.4. The third-order valence-electron chi connectivity index (χ3n) is 6.01. The molecular weight excluding hydrogens is 292 g/mol.